The summed E-state index contributed by atoms with van der Waals surface area (Å²) in [6, 6.07) is 17.1. The third-order valence-corrected chi connectivity index (χ3v) is 5.51. The van der Waals surface area contributed by atoms with E-state index in [2.05, 4.69) is 5.32 Å². The van der Waals surface area contributed by atoms with Crippen molar-refractivity contribution in [3.63, 3.8) is 0 Å². The molecule has 0 atom stereocenters. The van der Waals surface area contributed by atoms with E-state index in [9.17, 15) is 9.59 Å². The molecule has 2 heterocycles. The topological polar surface area (TPSA) is 85.7 Å². The van der Waals surface area contributed by atoms with Gasteiger partial charge in [-0.1, -0.05) is 30.3 Å². The predicted molar refractivity (Wildman–Crippen MR) is 131 cm³/mol. The third kappa shape index (κ3) is 5.22. The lowest BCUT2D eigenvalue weighted by atomic mass is 10.1. The van der Waals surface area contributed by atoms with Gasteiger partial charge in [0.05, 0.1) is 25.0 Å². The first-order chi connectivity index (χ1) is 16.2. The van der Waals surface area contributed by atoms with Gasteiger partial charge in [0.2, 0.25) is 5.95 Å². The van der Waals surface area contributed by atoms with Crippen molar-refractivity contribution in [1.29, 1.82) is 0 Å². The number of hydrogen-bond donors (Lipinski definition) is 1. The molecule has 8 nitrogen and oxygen atoms in total. The van der Waals surface area contributed by atoms with Crippen LogP contribution >= 0.6 is 0 Å². The summed E-state index contributed by atoms with van der Waals surface area (Å²) in [6.45, 7) is 6.61. The molecule has 2 aromatic carbocycles. The van der Waals surface area contributed by atoms with Crippen LogP contribution in [0.25, 0.3) is 5.69 Å². The van der Waals surface area contributed by atoms with Gasteiger partial charge in [0.1, 0.15) is 11.4 Å². The van der Waals surface area contributed by atoms with Crippen LogP contribution in [-0.2, 0) is 24.2 Å². The van der Waals surface area contributed by atoms with Crippen LogP contribution in [0.1, 0.15) is 37.6 Å². The van der Waals surface area contributed by atoms with E-state index in [0.29, 0.717) is 36.7 Å². The molecule has 0 spiro atoms. The Labute approximate surface area is 199 Å². The molecule has 4 rings (SSSR count). The lowest BCUT2D eigenvalue weighted by Gasteiger charge is -2.31. The van der Waals surface area contributed by atoms with Gasteiger partial charge in [-0.2, -0.15) is 0 Å². The van der Waals surface area contributed by atoms with Crippen molar-refractivity contribution in [3.05, 3.63) is 81.8 Å². The molecular weight excluding hydrogens is 432 g/mol. The largest absolute Gasteiger partial charge is 0.497 e. The number of anilines is 1. The summed E-state index contributed by atoms with van der Waals surface area (Å²) in [5, 5.41) is 3.32. The first-order valence-corrected chi connectivity index (χ1v) is 11.3. The number of hydrogen-bond acceptors (Lipinski definition) is 6. The lowest BCUT2D eigenvalue weighted by Crippen LogP contribution is -2.43. The maximum absolute atomic E-state index is 13.6. The molecule has 1 amide bonds. The number of ether oxygens (including phenoxy) is 2. The van der Waals surface area contributed by atoms with Gasteiger partial charge in [0.25, 0.3) is 5.56 Å². The molecule has 0 aliphatic carbocycles. The summed E-state index contributed by atoms with van der Waals surface area (Å²) < 4.78 is 12.3. The van der Waals surface area contributed by atoms with Crippen LogP contribution < -0.4 is 15.6 Å². The number of carbonyl (C=O) groups is 1. The van der Waals surface area contributed by atoms with Crippen molar-refractivity contribution >= 4 is 12.0 Å². The van der Waals surface area contributed by atoms with Gasteiger partial charge in [-0.05, 0) is 57.0 Å². The van der Waals surface area contributed by atoms with Crippen LogP contribution in [-0.4, -0.2) is 39.8 Å². The summed E-state index contributed by atoms with van der Waals surface area (Å²) in [7, 11) is 1.63. The van der Waals surface area contributed by atoms with Crippen LogP contribution in [0.4, 0.5) is 10.7 Å². The first-order valence-electron chi connectivity index (χ1n) is 11.3. The number of amides is 1. The maximum atomic E-state index is 13.6. The second-order valence-electron chi connectivity index (χ2n) is 9.19. The molecule has 178 valence electrons. The van der Waals surface area contributed by atoms with Gasteiger partial charge < -0.3 is 19.7 Å². The quantitative estimate of drug-likeness (QED) is 0.613. The van der Waals surface area contributed by atoms with Crippen molar-refractivity contribution in [1.82, 2.24) is 14.5 Å². The minimum Gasteiger partial charge on any atom is -0.497 e. The molecule has 1 aromatic heterocycles. The average Bonchev–Trinajstić information content (AvgIpc) is 2.82. The number of aromatic nitrogens is 2. The van der Waals surface area contributed by atoms with Gasteiger partial charge >= 0.3 is 6.09 Å². The molecule has 3 aromatic rings. The standard InChI is InChI=1S/C26H30N4O4/c1-26(2,3)34-25(32)29-15-14-21-22(17-29)28-24(27-16-18-10-12-20(33-4)13-11-18)30(23(21)31)19-8-6-5-7-9-19/h5-13H,14-17H2,1-4H3,(H,27,28). The molecule has 0 saturated carbocycles. The van der Waals surface area contributed by atoms with Crippen molar-refractivity contribution in [2.75, 3.05) is 19.0 Å². The Morgan fingerprint density at radius 1 is 1.09 bits per heavy atom. The zero-order valence-corrected chi connectivity index (χ0v) is 20.0. The van der Waals surface area contributed by atoms with Gasteiger partial charge in [0.15, 0.2) is 0 Å². The van der Waals surface area contributed by atoms with Gasteiger partial charge in [-0.15, -0.1) is 0 Å². The summed E-state index contributed by atoms with van der Waals surface area (Å²) in [6.07, 6.45) is 0.0198. The van der Waals surface area contributed by atoms with E-state index in [1.165, 1.54) is 0 Å². The van der Waals surface area contributed by atoms with Crippen molar-refractivity contribution in [2.24, 2.45) is 0 Å². The van der Waals surface area contributed by atoms with Crippen LogP contribution in [0, 0.1) is 0 Å². The summed E-state index contributed by atoms with van der Waals surface area (Å²) >= 11 is 0. The number of carbonyl (C=O) groups excluding carboxylic acids is 1. The summed E-state index contributed by atoms with van der Waals surface area (Å²) in [5.74, 6) is 1.20. The summed E-state index contributed by atoms with van der Waals surface area (Å²) in [4.78, 5) is 32.6. The fraction of sp³-hybridized carbons (Fsp3) is 0.346. The van der Waals surface area contributed by atoms with E-state index in [1.54, 1.807) is 16.6 Å². The fourth-order valence-corrected chi connectivity index (χ4v) is 3.83. The molecular formula is C26H30N4O4. The highest BCUT2D eigenvalue weighted by Gasteiger charge is 2.29. The number of fused-ring (bicyclic) bond motifs is 1. The van der Waals surface area contributed by atoms with Gasteiger partial charge in [-0.25, -0.2) is 14.3 Å². The number of rotatable bonds is 5. The average molecular weight is 463 g/mol. The molecule has 1 N–H and O–H groups in total. The van der Waals surface area contributed by atoms with Crippen LogP contribution in [0.15, 0.2) is 59.4 Å². The number of methoxy groups -OCH3 is 1. The van der Waals surface area contributed by atoms with Crippen LogP contribution in [0.3, 0.4) is 0 Å². The van der Waals surface area contributed by atoms with Crippen molar-refractivity contribution in [3.8, 4) is 11.4 Å². The Bertz CT molecular complexity index is 1210. The Morgan fingerprint density at radius 3 is 2.44 bits per heavy atom. The maximum Gasteiger partial charge on any atom is 0.410 e. The SMILES string of the molecule is COc1ccc(CNc2nc3c(c(=O)n2-c2ccccc2)CCN(C(=O)OC(C)(C)C)C3)cc1. The van der Waals surface area contributed by atoms with E-state index >= 15 is 0 Å². The Balaban J connectivity index is 1.67. The fourth-order valence-electron chi connectivity index (χ4n) is 3.83. The molecule has 8 heteroatoms. The molecule has 0 unspecified atom stereocenters. The lowest BCUT2D eigenvalue weighted by molar-refractivity contribution is 0.0220. The Kier molecular flexibility index (Phi) is 6.58. The normalized spacial score (nSPS) is 13.2. The number of nitrogens with zero attached hydrogens (tertiary/aromatic N) is 3. The third-order valence-electron chi connectivity index (χ3n) is 5.51. The minimum atomic E-state index is -0.591. The van der Waals surface area contributed by atoms with E-state index in [0.717, 1.165) is 17.0 Å². The highest BCUT2D eigenvalue weighted by Crippen LogP contribution is 2.22. The van der Waals surface area contributed by atoms with E-state index < -0.39 is 11.7 Å². The molecule has 1 aliphatic rings. The van der Waals surface area contributed by atoms with Crippen molar-refractivity contribution in [2.45, 2.75) is 45.9 Å². The number of benzene rings is 2. The van der Waals surface area contributed by atoms with Crippen molar-refractivity contribution < 1.29 is 14.3 Å². The monoisotopic (exact) mass is 462 g/mol. The predicted octanol–water partition coefficient (Wildman–Crippen LogP) is 4.15. The van der Waals surface area contributed by atoms with Gasteiger partial charge in [-0.3, -0.25) is 4.79 Å². The molecule has 0 radical (unpaired) electrons. The smallest absolute Gasteiger partial charge is 0.410 e. The molecule has 1 aliphatic heterocycles. The number of nitrogens with one attached hydrogen (secondary N) is 1. The highest BCUT2D eigenvalue weighted by atomic mass is 16.6. The second-order valence-corrected chi connectivity index (χ2v) is 9.19. The van der Waals surface area contributed by atoms with Crippen LogP contribution in [0.5, 0.6) is 5.75 Å². The zero-order valence-electron chi connectivity index (χ0n) is 20.0. The molecule has 34 heavy (non-hydrogen) atoms. The zero-order chi connectivity index (χ0) is 24.3. The van der Waals surface area contributed by atoms with E-state index in [-0.39, 0.29) is 12.1 Å². The highest BCUT2D eigenvalue weighted by molar-refractivity contribution is 5.68. The Hall–Kier alpha value is -3.81. The van der Waals surface area contributed by atoms with Gasteiger partial charge in [0, 0.05) is 18.7 Å². The first kappa shape index (κ1) is 23.4. The molecule has 0 bridgehead atoms. The van der Waals surface area contributed by atoms with E-state index in [1.807, 2.05) is 75.4 Å². The number of para-hydroxylation sites is 1. The minimum absolute atomic E-state index is 0.128. The summed E-state index contributed by atoms with van der Waals surface area (Å²) in [5.41, 5.74) is 2.24. The molecule has 0 fully saturated rings. The second kappa shape index (κ2) is 9.59. The van der Waals surface area contributed by atoms with Crippen LogP contribution in [0.2, 0.25) is 0 Å². The van der Waals surface area contributed by atoms with E-state index in [4.69, 9.17) is 14.5 Å². The molecule has 0 saturated heterocycles. The Morgan fingerprint density at radius 2 is 1.79 bits per heavy atom.